The van der Waals surface area contributed by atoms with Crippen LogP contribution in [0.5, 0.6) is 5.75 Å². The maximum atomic E-state index is 12.6. The summed E-state index contributed by atoms with van der Waals surface area (Å²) in [6.45, 7) is 7.90. The largest absolute Gasteiger partial charge is 0.481 e. The lowest BCUT2D eigenvalue weighted by Gasteiger charge is -2.20. The molecule has 1 unspecified atom stereocenters. The maximum Gasteiger partial charge on any atom is 0.265 e. The maximum absolute atomic E-state index is 12.6. The van der Waals surface area contributed by atoms with Gasteiger partial charge in [0.1, 0.15) is 5.75 Å². The van der Waals surface area contributed by atoms with E-state index in [1.54, 1.807) is 6.92 Å². The van der Waals surface area contributed by atoms with E-state index in [-0.39, 0.29) is 5.91 Å². The highest BCUT2D eigenvalue weighted by molar-refractivity contribution is 5.95. The third-order valence-electron chi connectivity index (χ3n) is 4.93. The third-order valence-corrected chi connectivity index (χ3v) is 4.93. The first-order chi connectivity index (χ1) is 11.9. The SMILES string of the molecule is Cc1cc(C)c(NC(=O)C(C)Oc2ccc3c(c2)CCCC3)c(C)c1. The molecule has 0 bridgehead atoms. The molecule has 1 atom stereocenters. The summed E-state index contributed by atoms with van der Waals surface area (Å²) in [5.74, 6) is 0.661. The smallest absolute Gasteiger partial charge is 0.265 e. The first-order valence-electron chi connectivity index (χ1n) is 9.11. The highest BCUT2D eigenvalue weighted by Gasteiger charge is 2.18. The predicted octanol–water partition coefficient (Wildman–Crippen LogP) is 4.90. The topological polar surface area (TPSA) is 38.3 Å². The van der Waals surface area contributed by atoms with Gasteiger partial charge in [-0.2, -0.15) is 0 Å². The lowest BCUT2D eigenvalue weighted by atomic mass is 9.92. The van der Waals surface area contributed by atoms with E-state index >= 15 is 0 Å². The van der Waals surface area contributed by atoms with Crippen LogP contribution in [-0.4, -0.2) is 12.0 Å². The van der Waals surface area contributed by atoms with E-state index in [1.807, 2.05) is 19.9 Å². The molecule has 2 aromatic carbocycles. The molecule has 3 heteroatoms. The highest BCUT2D eigenvalue weighted by Crippen LogP contribution is 2.26. The van der Waals surface area contributed by atoms with Gasteiger partial charge in [-0.3, -0.25) is 4.79 Å². The molecule has 2 aromatic rings. The fraction of sp³-hybridized carbons (Fsp3) is 0.409. The Bertz CT molecular complexity index is 772. The molecule has 1 N–H and O–H groups in total. The van der Waals surface area contributed by atoms with Gasteiger partial charge in [-0.05, 0) is 87.8 Å². The van der Waals surface area contributed by atoms with Crippen molar-refractivity contribution >= 4 is 11.6 Å². The minimum atomic E-state index is -0.540. The molecule has 1 aliphatic rings. The van der Waals surface area contributed by atoms with Gasteiger partial charge < -0.3 is 10.1 Å². The van der Waals surface area contributed by atoms with Gasteiger partial charge in [-0.25, -0.2) is 0 Å². The van der Waals surface area contributed by atoms with Crippen LogP contribution in [0, 0.1) is 20.8 Å². The Hall–Kier alpha value is -2.29. The van der Waals surface area contributed by atoms with Crippen LogP contribution in [0.15, 0.2) is 30.3 Å². The van der Waals surface area contributed by atoms with E-state index in [2.05, 4.69) is 36.5 Å². The minimum Gasteiger partial charge on any atom is -0.481 e. The monoisotopic (exact) mass is 337 g/mol. The summed E-state index contributed by atoms with van der Waals surface area (Å²) in [6.07, 6.45) is 4.22. The Morgan fingerprint density at radius 1 is 1.00 bits per heavy atom. The summed E-state index contributed by atoms with van der Waals surface area (Å²) in [7, 11) is 0. The van der Waals surface area contributed by atoms with Crippen LogP contribution < -0.4 is 10.1 Å². The molecule has 0 spiro atoms. The number of ether oxygens (including phenoxy) is 1. The molecule has 0 fully saturated rings. The number of fused-ring (bicyclic) bond motifs is 1. The number of nitrogens with one attached hydrogen (secondary N) is 1. The second-order valence-corrected chi connectivity index (χ2v) is 7.16. The van der Waals surface area contributed by atoms with E-state index in [0.717, 1.165) is 35.4 Å². The van der Waals surface area contributed by atoms with Crippen molar-refractivity contribution in [3.63, 3.8) is 0 Å². The van der Waals surface area contributed by atoms with Crippen molar-refractivity contribution in [1.29, 1.82) is 0 Å². The summed E-state index contributed by atoms with van der Waals surface area (Å²) >= 11 is 0. The predicted molar refractivity (Wildman–Crippen MR) is 102 cm³/mol. The van der Waals surface area contributed by atoms with E-state index < -0.39 is 6.10 Å². The lowest BCUT2D eigenvalue weighted by molar-refractivity contribution is -0.122. The summed E-state index contributed by atoms with van der Waals surface area (Å²) in [4.78, 5) is 12.6. The molecule has 0 heterocycles. The van der Waals surface area contributed by atoms with Crippen LogP contribution in [0.1, 0.15) is 47.6 Å². The van der Waals surface area contributed by atoms with Crippen LogP contribution in [-0.2, 0) is 17.6 Å². The van der Waals surface area contributed by atoms with Gasteiger partial charge in [0.25, 0.3) is 5.91 Å². The van der Waals surface area contributed by atoms with Crippen molar-refractivity contribution < 1.29 is 9.53 Å². The molecular weight excluding hydrogens is 310 g/mol. The number of rotatable bonds is 4. The number of amides is 1. The van der Waals surface area contributed by atoms with Crippen molar-refractivity contribution in [3.05, 3.63) is 58.1 Å². The molecule has 0 aliphatic heterocycles. The summed E-state index contributed by atoms with van der Waals surface area (Å²) in [5, 5.41) is 3.02. The van der Waals surface area contributed by atoms with Crippen LogP contribution in [0.4, 0.5) is 5.69 Å². The normalized spacial score (nSPS) is 14.6. The number of hydrogen-bond donors (Lipinski definition) is 1. The zero-order valence-corrected chi connectivity index (χ0v) is 15.6. The Labute approximate surface area is 150 Å². The van der Waals surface area contributed by atoms with Gasteiger partial charge in [-0.15, -0.1) is 0 Å². The number of aryl methyl sites for hydroxylation is 5. The minimum absolute atomic E-state index is 0.118. The number of anilines is 1. The van der Waals surface area contributed by atoms with E-state index in [9.17, 15) is 4.79 Å². The Morgan fingerprint density at radius 3 is 2.32 bits per heavy atom. The number of carbonyl (C=O) groups excluding carboxylic acids is 1. The van der Waals surface area contributed by atoms with Gasteiger partial charge in [0.15, 0.2) is 6.10 Å². The molecule has 1 aliphatic carbocycles. The molecule has 132 valence electrons. The van der Waals surface area contributed by atoms with Crippen LogP contribution >= 0.6 is 0 Å². The van der Waals surface area contributed by atoms with E-state index in [4.69, 9.17) is 4.74 Å². The second-order valence-electron chi connectivity index (χ2n) is 7.16. The average Bonchev–Trinajstić information content (AvgIpc) is 2.57. The molecule has 0 saturated carbocycles. The fourth-order valence-corrected chi connectivity index (χ4v) is 3.64. The van der Waals surface area contributed by atoms with Gasteiger partial charge in [-0.1, -0.05) is 23.8 Å². The van der Waals surface area contributed by atoms with Gasteiger partial charge >= 0.3 is 0 Å². The first kappa shape index (κ1) is 17.5. The van der Waals surface area contributed by atoms with Crippen molar-refractivity contribution in [2.75, 3.05) is 5.32 Å². The molecule has 3 rings (SSSR count). The molecule has 3 nitrogen and oxygen atoms in total. The Kier molecular flexibility index (Phi) is 5.12. The van der Waals surface area contributed by atoms with Crippen molar-refractivity contribution in [3.8, 4) is 5.75 Å². The quantitative estimate of drug-likeness (QED) is 0.862. The molecule has 1 amide bonds. The number of carbonyl (C=O) groups is 1. The van der Waals surface area contributed by atoms with Gasteiger partial charge in [0.05, 0.1) is 0 Å². The van der Waals surface area contributed by atoms with Crippen molar-refractivity contribution in [2.24, 2.45) is 0 Å². The molecule has 0 radical (unpaired) electrons. The summed E-state index contributed by atoms with van der Waals surface area (Å²) in [5.41, 5.74) is 7.02. The fourth-order valence-electron chi connectivity index (χ4n) is 3.64. The molecular formula is C22H27NO2. The Balaban J connectivity index is 1.69. The molecule has 25 heavy (non-hydrogen) atoms. The zero-order valence-electron chi connectivity index (χ0n) is 15.6. The van der Waals surface area contributed by atoms with E-state index in [1.165, 1.54) is 29.5 Å². The van der Waals surface area contributed by atoms with Crippen LogP contribution in [0.2, 0.25) is 0 Å². The highest BCUT2D eigenvalue weighted by atomic mass is 16.5. The first-order valence-corrected chi connectivity index (χ1v) is 9.11. The number of hydrogen-bond acceptors (Lipinski definition) is 2. The third kappa shape index (κ3) is 4.04. The van der Waals surface area contributed by atoms with Crippen molar-refractivity contribution in [2.45, 2.75) is 59.5 Å². The van der Waals surface area contributed by atoms with Crippen LogP contribution in [0.3, 0.4) is 0 Å². The Morgan fingerprint density at radius 2 is 1.64 bits per heavy atom. The molecule has 0 aromatic heterocycles. The summed E-state index contributed by atoms with van der Waals surface area (Å²) < 4.78 is 5.91. The van der Waals surface area contributed by atoms with E-state index in [0.29, 0.717) is 0 Å². The molecule has 0 saturated heterocycles. The zero-order chi connectivity index (χ0) is 18.0. The summed E-state index contributed by atoms with van der Waals surface area (Å²) in [6, 6.07) is 10.4. The van der Waals surface area contributed by atoms with Gasteiger partial charge in [0, 0.05) is 5.69 Å². The van der Waals surface area contributed by atoms with Crippen LogP contribution in [0.25, 0.3) is 0 Å². The number of benzene rings is 2. The lowest BCUT2D eigenvalue weighted by Crippen LogP contribution is -2.30. The average molecular weight is 337 g/mol. The standard InChI is InChI=1S/C22H27NO2/c1-14-11-15(2)21(16(3)12-14)23-22(24)17(4)25-20-10-9-18-7-5-6-8-19(18)13-20/h9-13,17H,5-8H2,1-4H3,(H,23,24). The van der Waals surface area contributed by atoms with Crippen molar-refractivity contribution in [1.82, 2.24) is 0 Å². The van der Waals surface area contributed by atoms with Gasteiger partial charge in [0.2, 0.25) is 0 Å². The second kappa shape index (κ2) is 7.30.